The second-order valence-electron chi connectivity index (χ2n) is 3.56. The fourth-order valence-corrected chi connectivity index (χ4v) is 1.53. The Hall–Kier alpha value is -0.940. The summed E-state index contributed by atoms with van der Waals surface area (Å²) in [6.07, 6.45) is 2.51. The smallest absolute Gasteiger partial charge is 0.179 e. The molecule has 78 valence electrons. The highest BCUT2D eigenvalue weighted by Crippen LogP contribution is 2.42. The molecule has 0 aliphatic heterocycles. The van der Waals surface area contributed by atoms with Gasteiger partial charge >= 0.3 is 0 Å². The molecule has 1 aliphatic carbocycles. The van der Waals surface area contributed by atoms with Crippen LogP contribution >= 0.6 is 0 Å². The largest absolute Gasteiger partial charge is 0.370 e. The van der Waals surface area contributed by atoms with Crippen LogP contribution < -0.4 is 5.73 Å². The number of aromatic amines is 1. The van der Waals surface area contributed by atoms with E-state index >= 15 is 0 Å². The lowest BCUT2D eigenvalue weighted by molar-refractivity contribution is 0.0402. The van der Waals surface area contributed by atoms with Crippen molar-refractivity contribution >= 4 is 0 Å². The molecular weight excluding hydrogens is 180 g/mol. The monoisotopic (exact) mass is 196 g/mol. The molecule has 1 atom stereocenters. The highest BCUT2D eigenvalue weighted by atomic mass is 16.5. The maximum atomic E-state index is 5.62. The topological polar surface area (TPSA) is 76.8 Å². The van der Waals surface area contributed by atoms with Crippen molar-refractivity contribution in [2.75, 3.05) is 6.61 Å². The Bertz CT molecular complexity index is 295. The molecule has 1 aromatic heterocycles. The first-order valence-corrected chi connectivity index (χ1v) is 5.08. The average molecular weight is 196 g/mol. The van der Waals surface area contributed by atoms with E-state index in [9.17, 15) is 0 Å². The summed E-state index contributed by atoms with van der Waals surface area (Å²) in [6.45, 7) is 3.09. The zero-order valence-corrected chi connectivity index (χ0v) is 8.36. The van der Waals surface area contributed by atoms with Gasteiger partial charge in [0.15, 0.2) is 5.82 Å². The fourth-order valence-electron chi connectivity index (χ4n) is 1.53. The number of aromatic nitrogens is 3. The van der Waals surface area contributed by atoms with Crippen LogP contribution in [0.1, 0.15) is 37.5 Å². The minimum Gasteiger partial charge on any atom is -0.370 e. The van der Waals surface area contributed by atoms with Gasteiger partial charge < -0.3 is 10.5 Å². The van der Waals surface area contributed by atoms with E-state index in [-0.39, 0.29) is 6.10 Å². The molecule has 1 aliphatic rings. The molecule has 0 radical (unpaired) electrons. The summed E-state index contributed by atoms with van der Waals surface area (Å²) in [5.41, 5.74) is 5.45. The van der Waals surface area contributed by atoms with Gasteiger partial charge in [0, 0.05) is 6.61 Å². The summed E-state index contributed by atoms with van der Waals surface area (Å²) in [5, 5.41) is 6.94. The molecule has 1 saturated carbocycles. The first-order valence-electron chi connectivity index (χ1n) is 5.08. The molecule has 0 saturated heterocycles. The molecule has 1 unspecified atom stereocenters. The van der Waals surface area contributed by atoms with Gasteiger partial charge in [0.1, 0.15) is 11.9 Å². The summed E-state index contributed by atoms with van der Waals surface area (Å²) in [4.78, 5) is 4.29. The van der Waals surface area contributed by atoms with Gasteiger partial charge in [0.2, 0.25) is 0 Å². The molecule has 0 bridgehead atoms. The molecule has 5 heteroatoms. The van der Waals surface area contributed by atoms with Crippen molar-refractivity contribution in [3.8, 4) is 0 Å². The first kappa shape index (κ1) is 9.61. The number of nitrogens with two attached hydrogens (primary N) is 1. The van der Waals surface area contributed by atoms with Crippen LogP contribution in [0.2, 0.25) is 0 Å². The molecule has 0 spiro atoms. The predicted octanol–water partition coefficient (Wildman–Crippen LogP) is 0.751. The molecule has 0 aromatic carbocycles. The van der Waals surface area contributed by atoms with Gasteiger partial charge in [-0.15, -0.1) is 0 Å². The SMILES string of the molecule is CCOC(c1n[nH]c(CN)n1)C1CC1. The van der Waals surface area contributed by atoms with Gasteiger partial charge in [-0.25, -0.2) is 4.98 Å². The second kappa shape index (κ2) is 4.06. The van der Waals surface area contributed by atoms with Crippen LogP contribution in [0.5, 0.6) is 0 Å². The lowest BCUT2D eigenvalue weighted by atomic mass is 10.2. The summed E-state index contributed by atoms with van der Waals surface area (Å²) < 4.78 is 5.62. The average Bonchev–Trinajstić information content (AvgIpc) is 2.92. The number of nitrogens with one attached hydrogen (secondary N) is 1. The van der Waals surface area contributed by atoms with Crippen molar-refractivity contribution in [3.05, 3.63) is 11.6 Å². The van der Waals surface area contributed by atoms with Crippen molar-refractivity contribution in [1.82, 2.24) is 15.2 Å². The Morgan fingerprint density at radius 3 is 2.93 bits per heavy atom. The van der Waals surface area contributed by atoms with E-state index in [1.165, 1.54) is 12.8 Å². The summed E-state index contributed by atoms with van der Waals surface area (Å²) in [5.74, 6) is 2.09. The Morgan fingerprint density at radius 2 is 2.43 bits per heavy atom. The number of rotatable bonds is 5. The van der Waals surface area contributed by atoms with Gasteiger partial charge in [-0.3, -0.25) is 5.10 Å². The van der Waals surface area contributed by atoms with Crippen LogP contribution in [-0.4, -0.2) is 21.8 Å². The van der Waals surface area contributed by atoms with E-state index in [4.69, 9.17) is 10.5 Å². The van der Waals surface area contributed by atoms with Crippen molar-refractivity contribution in [2.24, 2.45) is 11.7 Å². The van der Waals surface area contributed by atoms with Crippen LogP contribution in [0.25, 0.3) is 0 Å². The standard InChI is InChI=1S/C9H16N4O/c1-2-14-8(6-3-4-6)9-11-7(5-10)12-13-9/h6,8H,2-5,10H2,1H3,(H,11,12,13). The van der Waals surface area contributed by atoms with Crippen molar-refractivity contribution in [3.63, 3.8) is 0 Å². The van der Waals surface area contributed by atoms with E-state index in [1.807, 2.05) is 6.92 Å². The summed E-state index contributed by atoms with van der Waals surface area (Å²) in [7, 11) is 0. The molecule has 1 heterocycles. The highest BCUT2D eigenvalue weighted by Gasteiger charge is 2.35. The van der Waals surface area contributed by atoms with Gasteiger partial charge in [-0.05, 0) is 25.7 Å². The van der Waals surface area contributed by atoms with Crippen molar-refractivity contribution in [1.29, 1.82) is 0 Å². The number of H-pyrrole nitrogens is 1. The Morgan fingerprint density at radius 1 is 1.64 bits per heavy atom. The molecule has 1 fully saturated rings. The predicted molar refractivity (Wildman–Crippen MR) is 51.4 cm³/mol. The third kappa shape index (κ3) is 1.93. The number of nitrogens with zero attached hydrogens (tertiary/aromatic N) is 2. The molecule has 2 rings (SSSR count). The number of ether oxygens (including phenoxy) is 1. The molecule has 3 N–H and O–H groups in total. The summed E-state index contributed by atoms with van der Waals surface area (Å²) >= 11 is 0. The minimum atomic E-state index is 0.0662. The molecule has 14 heavy (non-hydrogen) atoms. The van der Waals surface area contributed by atoms with E-state index in [1.54, 1.807) is 0 Å². The Labute approximate surface area is 83.1 Å². The van der Waals surface area contributed by atoms with Crippen LogP contribution in [0.15, 0.2) is 0 Å². The fraction of sp³-hybridized carbons (Fsp3) is 0.778. The van der Waals surface area contributed by atoms with Gasteiger partial charge in [-0.1, -0.05) is 0 Å². The molecule has 1 aromatic rings. The van der Waals surface area contributed by atoms with E-state index in [2.05, 4.69) is 15.2 Å². The van der Waals surface area contributed by atoms with Crippen molar-refractivity contribution in [2.45, 2.75) is 32.4 Å². The first-order chi connectivity index (χ1) is 6.85. The quantitative estimate of drug-likeness (QED) is 0.728. The van der Waals surface area contributed by atoms with Crippen LogP contribution in [0.4, 0.5) is 0 Å². The van der Waals surface area contributed by atoms with E-state index in [0.717, 1.165) is 11.6 Å². The Kier molecular flexibility index (Phi) is 2.79. The molecule has 5 nitrogen and oxygen atoms in total. The summed E-state index contributed by atoms with van der Waals surface area (Å²) in [6, 6.07) is 0. The van der Waals surface area contributed by atoms with Crippen LogP contribution in [0.3, 0.4) is 0 Å². The maximum Gasteiger partial charge on any atom is 0.179 e. The highest BCUT2D eigenvalue weighted by molar-refractivity contribution is 4.99. The normalized spacial score (nSPS) is 18.4. The minimum absolute atomic E-state index is 0.0662. The molecular formula is C9H16N4O. The van der Waals surface area contributed by atoms with Gasteiger partial charge in [0.05, 0.1) is 6.54 Å². The zero-order chi connectivity index (χ0) is 9.97. The second-order valence-corrected chi connectivity index (χ2v) is 3.56. The molecule has 0 amide bonds. The number of hydrogen-bond acceptors (Lipinski definition) is 4. The van der Waals surface area contributed by atoms with E-state index < -0.39 is 0 Å². The third-order valence-electron chi connectivity index (χ3n) is 2.39. The van der Waals surface area contributed by atoms with Gasteiger partial charge in [-0.2, -0.15) is 5.10 Å². The van der Waals surface area contributed by atoms with Crippen LogP contribution in [0, 0.1) is 5.92 Å². The lowest BCUT2D eigenvalue weighted by Crippen LogP contribution is -2.08. The third-order valence-corrected chi connectivity index (χ3v) is 2.39. The lowest BCUT2D eigenvalue weighted by Gasteiger charge is -2.11. The van der Waals surface area contributed by atoms with Gasteiger partial charge in [0.25, 0.3) is 0 Å². The Balaban J connectivity index is 2.08. The maximum absolute atomic E-state index is 5.62. The van der Waals surface area contributed by atoms with Crippen LogP contribution in [-0.2, 0) is 11.3 Å². The zero-order valence-electron chi connectivity index (χ0n) is 8.36. The number of hydrogen-bond donors (Lipinski definition) is 2. The van der Waals surface area contributed by atoms with Crippen molar-refractivity contribution < 1.29 is 4.74 Å². The van der Waals surface area contributed by atoms with E-state index in [0.29, 0.717) is 19.1 Å².